The Balaban J connectivity index is 1.73. The molecular weight excluding hydrogens is 332 g/mol. The Kier molecular flexibility index (Phi) is 3.54. The normalized spacial score (nSPS) is 11.3. The molecule has 0 radical (unpaired) electrons. The first-order valence-electron chi connectivity index (χ1n) is 9.05. The molecule has 0 saturated heterocycles. The molecule has 0 N–H and O–H groups in total. The van der Waals surface area contributed by atoms with Crippen LogP contribution < -0.4 is 4.57 Å². The van der Waals surface area contributed by atoms with E-state index >= 15 is 0 Å². The van der Waals surface area contributed by atoms with Crippen molar-refractivity contribution >= 4 is 22.1 Å². The van der Waals surface area contributed by atoms with Gasteiger partial charge in [-0.25, -0.2) is 9.55 Å². The van der Waals surface area contributed by atoms with Crippen molar-refractivity contribution in [1.82, 2.24) is 4.98 Å². The second kappa shape index (κ2) is 6.06. The molecule has 3 nitrogen and oxygen atoms in total. The third-order valence-electron chi connectivity index (χ3n) is 5.12. The maximum absolute atomic E-state index is 6.16. The van der Waals surface area contributed by atoms with Crippen LogP contribution in [0.5, 0.6) is 0 Å². The quantitative estimate of drug-likeness (QED) is 0.396. The van der Waals surface area contributed by atoms with E-state index in [0.717, 1.165) is 27.6 Å². The fraction of sp³-hybridized carbons (Fsp3) is 0.0833. The molecule has 0 aliphatic carbocycles. The Morgan fingerprint density at radius 3 is 2.52 bits per heavy atom. The molecule has 0 unspecified atom stereocenters. The largest absolute Gasteiger partial charge is 0.437 e. The van der Waals surface area contributed by atoms with E-state index in [4.69, 9.17) is 4.42 Å². The fourth-order valence-corrected chi connectivity index (χ4v) is 3.77. The summed E-state index contributed by atoms with van der Waals surface area (Å²) in [6.07, 6.45) is 3.94. The van der Waals surface area contributed by atoms with Crippen LogP contribution in [0.25, 0.3) is 44.5 Å². The highest BCUT2D eigenvalue weighted by Crippen LogP contribution is 2.36. The number of aryl methyl sites for hydroxylation is 2. The molecule has 5 aromatic rings. The van der Waals surface area contributed by atoms with E-state index < -0.39 is 0 Å². The lowest BCUT2D eigenvalue weighted by atomic mass is 10.0. The second-order valence-electron chi connectivity index (χ2n) is 6.87. The first kappa shape index (κ1) is 15.8. The molecule has 5 rings (SSSR count). The molecule has 3 heterocycles. The van der Waals surface area contributed by atoms with Gasteiger partial charge in [-0.15, -0.1) is 0 Å². The predicted octanol–water partition coefficient (Wildman–Crippen LogP) is 5.45. The van der Waals surface area contributed by atoms with Gasteiger partial charge in [-0.3, -0.25) is 0 Å². The number of furan rings is 1. The summed E-state index contributed by atoms with van der Waals surface area (Å²) in [5.41, 5.74) is 7.37. The first-order valence-corrected chi connectivity index (χ1v) is 9.05. The van der Waals surface area contributed by atoms with Gasteiger partial charge in [0.05, 0.1) is 5.56 Å². The van der Waals surface area contributed by atoms with E-state index in [1.54, 1.807) is 6.20 Å². The topological polar surface area (TPSA) is 29.9 Å². The van der Waals surface area contributed by atoms with Crippen molar-refractivity contribution in [3.8, 4) is 22.4 Å². The zero-order valence-electron chi connectivity index (χ0n) is 15.3. The van der Waals surface area contributed by atoms with E-state index in [-0.39, 0.29) is 0 Å². The molecule has 0 saturated carbocycles. The van der Waals surface area contributed by atoms with Crippen LogP contribution in [0.15, 0.2) is 83.5 Å². The van der Waals surface area contributed by atoms with Gasteiger partial charge in [0.2, 0.25) is 11.4 Å². The molecule has 130 valence electrons. The summed E-state index contributed by atoms with van der Waals surface area (Å²) in [5.74, 6) is 0. The minimum Gasteiger partial charge on any atom is -0.437 e. The van der Waals surface area contributed by atoms with Gasteiger partial charge >= 0.3 is 0 Å². The number of nitrogens with zero attached hydrogens (tertiary/aromatic N) is 2. The van der Waals surface area contributed by atoms with Crippen LogP contribution in [0, 0.1) is 6.92 Å². The molecule has 3 aromatic heterocycles. The van der Waals surface area contributed by atoms with Crippen LogP contribution in [0.4, 0.5) is 0 Å². The fourth-order valence-electron chi connectivity index (χ4n) is 3.77. The molecule has 0 spiro atoms. The van der Waals surface area contributed by atoms with E-state index in [9.17, 15) is 0 Å². The second-order valence-corrected chi connectivity index (χ2v) is 6.87. The number of hydrogen-bond donors (Lipinski definition) is 0. The molecule has 3 heteroatoms. The molecule has 2 aromatic carbocycles. The van der Waals surface area contributed by atoms with Gasteiger partial charge in [0.25, 0.3) is 0 Å². The molecule has 0 bridgehead atoms. The zero-order valence-corrected chi connectivity index (χ0v) is 15.3. The van der Waals surface area contributed by atoms with Gasteiger partial charge in [0.15, 0.2) is 11.8 Å². The van der Waals surface area contributed by atoms with Crippen LogP contribution >= 0.6 is 0 Å². The Morgan fingerprint density at radius 2 is 1.70 bits per heavy atom. The SMILES string of the molecule is Cc1ccc(-c2ccc(-c3ccccc3)c[n+]2C)c2oc3ncccc3c12. The van der Waals surface area contributed by atoms with Crippen LogP contribution in [-0.4, -0.2) is 4.98 Å². The summed E-state index contributed by atoms with van der Waals surface area (Å²) in [6, 6.07) is 23.1. The number of pyridine rings is 2. The summed E-state index contributed by atoms with van der Waals surface area (Å²) in [6.45, 7) is 2.12. The molecule has 0 fully saturated rings. The maximum atomic E-state index is 6.16. The zero-order chi connectivity index (χ0) is 18.4. The third-order valence-corrected chi connectivity index (χ3v) is 5.12. The predicted molar refractivity (Wildman–Crippen MR) is 108 cm³/mol. The number of aromatic nitrogens is 2. The lowest BCUT2D eigenvalue weighted by molar-refractivity contribution is -0.659. The van der Waals surface area contributed by atoms with Gasteiger partial charge in [0.1, 0.15) is 7.05 Å². The standard InChI is InChI=1S/C24H19N2O/c1-16-10-12-19(23-22(16)20-9-6-14-25-24(20)27-23)21-13-11-18(15-26(21)2)17-7-4-3-5-8-17/h3-15H,1-2H3/q+1. The van der Waals surface area contributed by atoms with E-state index in [1.807, 2.05) is 12.1 Å². The molecule has 0 aliphatic heterocycles. The van der Waals surface area contributed by atoms with Gasteiger partial charge < -0.3 is 4.42 Å². The van der Waals surface area contributed by atoms with Crippen LogP contribution in [0.2, 0.25) is 0 Å². The monoisotopic (exact) mass is 351 g/mol. The summed E-state index contributed by atoms with van der Waals surface area (Å²) in [4.78, 5) is 4.40. The molecule has 0 amide bonds. The van der Waals surface area contributed by atoms with Gasteiger partial charge in [-0.2, -0.15) is 0 Å². The number of benzene rings is 2. The molecule has 0 aliphatic rings. The number of rotatable bonds is 2. The Hall–Kier alpha value is -3.46. The maximum Gasteiger partial charge on any atom is 0.227 e. The van der Waals surface area contributed by atoms with Gasteiger partial charge in [-0.05, 0) is 42.3 Å². The van der Waals surface area contributed by atoms with Crippen molar-refractivity contribution in [2.45, 2.75) is 6.92 Å². The average molecular weight is 351 g/mol. The van der Waals surface area contributed by atoms with E-state index in [2.05, 4.69) is 84.3 Å². The van der Waals surface area contributed by atoms with Crippen molar-refractivity contribution in [3.05, 3.63) is 84.7 Å². The van der Waals surface area contributed by atoms with Gasteiger partial charge in [0, 0.05) is 28.6 Å². The smallest absolute Gasteiger partial charge is 0.227 e. The van der Waals surface area contributed by atoms with Crippen molar-refractivity contribution in [2.75, 3.05) is 0 Å². The van der Waals surface area contributed by atoms with Crippen LogP contribution in [-0.2, 0) is 7.05 Å². The minimum absolute atomic E-state index is 0.687. The average Bonchev–Trinajstić information content (AvgIpc) is 3.10. The molecule has 0 atom stereocenters. The molecular formula is C24H19N2O+. The number of fused-ring (bicyclic) bond motifs is 3. The Bertz CT molecular complexity index is 1290. The van der Waals surface area contributed by atoms with Crippen LogP contribution in [0.1, 0.15) is 5.56 Å². The lowest BCUT2D eigenvalue weighted by Gasteiger charge is -2.05. The highest BCUT2D eigenvalue weighted by atomic mass is 16.3. The van der Waals surface area contributed by atoms with Crippen molar-refractivity contribution in [2.24, 2.45) is 7.05 Å². The van der Waals surface area contributed by atoms with E-state index in [1.165, 1.54) is 16.7 Å². The third kappa shape index (κ3) is 2.51. The highest BCUT2D eigenvalue weighted by Gasteiger charge is 2.20. The van der Waals surface area contributed by atoms with E-state index in [0.29, 0.717) is 5.71 Å². The van der Waals surface area contributed by atoms with Crippen molar-refractivity contribution in [1.29, 1.82) is 0 Å². The summed E-state index contributed by atoms with van der Waals surface area (Å²) < 4.78 is 8.32. The number of hydrogen-bond acceptors (Lipinski definition) is 2. The van der Waals surface area contributed by atoms with Crippen molar-refractivity contribution < 1.29 is 8.98 Å². The van der Waals surface area contributed by atoms with Crippen LogP contribution in [0.3, 0.4) is 0 Å². The lowest BCUT2D eigenvalue weighted by Crippen LogP contribution is -2.30. The Labute approximate surface area is 157 Å². The summed E-state index contributed by atoms with van der Waals surface area (Å²) in [5, 5.41) is 2.21. The Morgan fingerprint density at radius 1 is 0.852 bits per heavy atom. The summed E-state index contributed by atoms with van der Waals surface area (Å²) >= 11 is 0. The highest BCUT2D eigenvalue weighted by molar-refractivity contribution is 6.09. The minimum atomic E-state index is 0.687. The van der Waals surface area contributed by atoms with Gasteiger partial charge in [-0.1, -0.05) is 36.4 Å². The molecule has 27 heavy (non-hydrogen) atoms. The van der Waals surface area contributed by atoms with Crippen molar-refractivity contribution in [3.63, 3.8) is 0 Å². The summed E-state index contributed by atoms with van der Waals surface area (Å²) in [7, 11) is 2.08. The first-order chi connectivity index (χ1) is 13.2.